The minimum Gasteiger partial charge on any atom is -0.461 e. The molecule has 118 valence electrons. The summed E-state index contributed by atoms with van der Waals surface area (Å²) in [7, 11) is 0. The fraction of sp³-hybridized carbons (Fsp3) is 0.267. The molecule has 0 bridgehead atoms. The number of nitrogens with zero attached hydrogens (tertiary/aromatic N) is 3. The molecule has 0 radical (unpaired) electrons. The lowest BCUT2D eigenvalue weighted by molar-refractivity contribution is 0.101. The van der Waals surface area contributed by atoms with E-state index >= 15 is 0 Å². The summed E-state index contributed by atoms with van der Waals surface area (Å²) in [4.78, 5) is 12.2. The van der Waals surface area contributed by atoms with Gasteiger partial charge < -0.3 is 19.0 Å². The summed E-state index contributed by atoms with van der Waals surface area (Å²) in [6, 6.07) is 5.22. The number of nitrogens with one attached hydrogen (secondary N) is 1. The summed E-state index contributed by atoms with van der Waals surface area (Å²) in [5, 5.41) is 10.8. The molecule has 1 aliphatic heterocycles. The molecule has 1 saturated heterocycles. The Morgan fingerprint density at radius 1 is 1.39 bits per heavy atom. The van der Waals surface area contributed by atoms with E-state index in [1.165, 1.54) is 12.3 Å². The maximum Gasteiger partial charge on any atom is 0.277 e. The monoisotopic (exact) mass is 314 g/mol. The molecule has 0 spiro atoms. The maximum atomic E-state index is 12.2. The van der Waals surface area contributed by atoms with E-state index in [2.05, 4.69) is 15.6 Å². The second kappa shape index (κ2) is 5.73. The lowest BCUT2D eigenvalue weighted by Crippen LogP contribution is -2.12. The van der Waals surface area contributed by atoms with Crippen molar-refractivity contribution in [2.45, 2.75) is 12.5 Å². The third-order valence-corrected chi connectivity index (χ3v) is 3.65. The number of hydrogen-bond acceptors (Lipinski definition) is 6. The van der Waals surface area contributed by atoms with E-state index in [1.807, 2.05) is 0 Å². The first-order valence-electron chi connectivity index (χ1n) is 7.23. The predicted octanol–water partition coefficient (Wildman–Crippen LogP) is 2.34. The Labute approximate surface area is 131 Å². The smallest absolute Gasteiger partial charge is 0.277 e. The van der Waals surface area contributed by atoms with Gasteiger partial charge in [-0.2, -0.15) is 5.10 Å². The van der Waals surface area contributed by atoms with Crippen LogP contribution >= 0.6 is 0 Å². The molecule has 0 aromatic carbocycles. The summed E-state index contributed by atoms with van der Waals surface area (Å²) >= 11 is 0. The standard InChI is InChI=1S/C15H14N4O4/c20-15(12-6-14(23-18-12)13-2-1-4-22-13)17-10-7-16-19(8-10)11-3-5-21-9-11/h1-2,4,6-8,11H,3,5,9H2,(H,17,20)/t11-/m0/s1. The van der Waals surface area contributed by atoms with Gasteiger partial charge in [0.1, 0.15) is 0 Å². The van der Waals surface area contributed by atoms with E-state index in [-0.39, 0.29) is 17.6 Å². The zero-order valence-corrected chi connectivity index (χ0v) is 12.1. The number of amides is 1. The Morgan fingerprint density at radius 2 is 2.35 bits per heavy atom. The maximum absolute atomic E-state index is 12.2. The van der Waals surface area contributed by atoms with E-state index < -0.39 is 0 Å². The Hall–Kier alpha value is -2.87. The molecule has 0 unspecified atom stereocenters. The van der Waals surface area contributed by atoms with Gasteiger partial charge in [0, 0.05) is 18.9 Å². The molecule has 1 fully saturated rings. The lowest BCUT2D eigenvalue weighted by Gasteiger charge is -2.06. The van der Waals surface area contributed by atoms with Gasteiger partial charge in [-0.05, 0) is 18.6 Å². The predicted molar refractivity (Wildman–Crippen MR) is 78.9 cm³/mol. The van der Waals surface area contributed by atoms with Crippen LogP contribution in [0.1, 0.15) is 23.0 Å². The van der Waals surface area contributed by atoms with Gasteiger partial charge in [0.15, 0.2) is 11.5 Å². The van der Waals surface area contributed by atoms with Crippen molar-refractivity contribution in [3.63, 3.8) is 0 Å². The lowest BCUT2D eigenvalue weighted by atomic mass is 10.3. The van der Waals surface area contributed by atoms with Gasteiger partial charge in [-0.25, -0.2) is 0 Å². The molecule has 23 heavy (non-hydrogen) atoms. The first-order chi connectivity index (χ1) is 11.3. The van der Waals surface area contributed by atoms with Crippen molar-refractivity contribution in [2.24, 2.45) is 0 Å². The molecule has 0 aliphatic carbocycles. The molecular formula is C15H14N4O4. The Morgan fingerprint density at radius 3 is 3.13 bits per heavy atom. The second-order valence-electron chi connectivity index (χ2n) is 5.23. The third-order valence-electron chi connectivity index (χ3n) is 3.65. The van der Waals surface area contributed by atoms with Gasteiger partial charge in [0.25, 0.3) is 5.91 Å². The van der Waals surface area contributed by atoms with Gasteiger partial charge >= 0.3 is 0 Å². The fourth-order valence-electron chi connectivity index (χ4n) is 2.45. The molecular weight excluding hydrogens is 300 g/mol. The highest BCUT2D eigenvalue weighted by atomic mass is 16.5. The van der Waals surface area contributed by atoms with Crippen LogP contribution < -0.4 is 5.32 Å². The van der Waals surface area contributed by atoms with E-state index in [0.717, 1.165) is 13.0 Å². The zero-order chi connectivity index (χ0) is 15.6. The topological polar surface area (TPSA) is 95.3 Å². The molecule has 1 atom stereocenters. The first-order valence-corrected chi connectivity index (χ1v) is 7.23. The zero-order valence-electron chi connectivity index (χ0n) is 12.1. The van der Waals surface area contributed by atoms with Crippen LogP contribution in [-0.4, -0.2) is 34.1 Å². The number of ether oxygens (including phenoxy) is 1. The number of hydrogen-bond donors (Lipinski definition) is 1. The Balaban J connectivity index is 1.45. The molecule has 1 aliphatic rings. The number of anilines is 1. The van der Waals surface area contributed by atoms with E-state index in [4.69, 9.17) is 13.7 Å². The number of carbonyl (C=O) groups is 1. The molecule has 4 heterocycles. The van der Waals surface area contributed by atoms with Gasteiger partial charge in [-0.15, -0.1) is 0 Å². The first kappa shape index (κ1) is 13.8. The third kappa shape index (κ3) is 2.76. The highest BCUT2D eigenvalue weighted by Crippen LogP contribution is 2.22. The number of carbonyl (C=O) groups excluding carboxylic acids is 1. The van der Waals surface area contributed by atoms with Gasteiger partial charge in [0.05, 0.1) is 30.8 Å². The fourth-order valence-corrected chi connectivity index (χ4v) is 2.45. The Bertz CT molecular complexity index is 799. The molecule has 3 aromatic rings. The minimum absolute atomic E-state index is 0.174. The molecule has 1 N–H and O–H groups in total. The number of rotatable bonds is 4. The van der Waals surface area contributed by atoms with Crippen molar-refractivity contribution in [2.75, 3.05) is 18.5 Å². The molecule has 8 heteroatoms. The summed E-state index contributed by atoms with van der Waals surface area (Å²) in [5.41, 5.74) is 0.776. The molecule has 0 saturated carbocycles. The summed E-state index contributed by atoms with van der Waals surface area (Å²) in [6.45, 7) is 1.38. The van der Waals surface area contributed by atoms with Crippen LogP contribution in [0, 0.1) is 0 Å². The van der Waals surface area contributed by atoms with Crippen LogP contribution in [0.2, 0.25) is 0 Å². The molecule has 8 nitrogen and oxygen atoms in total. The van der Waals surface area contributed by atoms with Crippen LogP contribution in [0.25, 0.3) is 11.5 Å². The van der Waals surface area contributed by atoms with Crippen molar-refractivity contribution in [3.8, 4) is 11.5 Å². The number of aromatic nitrogens is 3. The average Bonchev–Trinajstić information content (AvgIpc) is 3.30. The highest BCUT2D eigenvalue weighted by Gasteiger charge is 2.20. The van der Waals surface area contributed by atoms with E-state index in [9.17, 15) is 4.79 Å². The van der Waals surface area contributed by atoms with Crippen LogP contribution in [-0.2, 0) is 4.74 Å². The normalized spacial score (nSPS) is 17.5. The highest BCUT2D eigenvalue weighted by molar-refractivity contribution is 6.03. The van der Waals surface area contributed by atoms with Gasteiger partial charge in [0.2, 0.25) is 5.76 Å². The summed E-state index contributed by atoms with van der Waals surface area (Å²) < 4.78 is 17.4. The quantitative estimate of drug-likeness (QED) is 0.794. The molecule has 3 aromatic heterocycles. The largest absolute Gasteiger partial charge is 0.461 e. The minimum atomic E-state index is -0.367. The van der Waals surface area contributed by atoms with E-state index in [0.29, 0.717) is 23.8 Å². The van der Waals surface area contributed by atoms with Crippen molar-refractivity contribution >= 4 is 11.6 Å². The van der Waals surface area contributed by atoms with Crippen molar-refractivity contribution < 1.29 is 18.5 Å². The van der Waals surface area contributed by atoms with E-state index in [1.54, 1.807) is 29.2 Å². The van der Waals surface area contributed by atoms with Crippen molar-refractivity contribution in [3.05, 3.63) is 42.5 Å². The van der Waals surface area contributed by atoms with Crippen LogP contribution in [0.5, 0.6) is 0 Å². The van der Waals surface area contributed by atoms with Crippen LogP contribution in [0.3, 0.4) is 0 Å². The summed E-state index contributed by atoms with van der Waals surface area (Å²) in [5.74, 6) is 0.554. The Kier molecular flexibility index (Phi) is 3.43. The molecule has 4 rings (SSSR count). The van der Waals surface area contributed by atoms with Crippen molar-refractivity contribution in [1.29, 1.82) is 0 Å². The molecule has 1 amide bonds. The number of furan rings is 1. The summed E-state index contributed by atoms with van der Waals surface area (Å²) in [6.07, 6.45) is 5.83. The van der Waals surface area contributed by atoms with Gasteiger partial charge in [-0.1, -0.05) is 5.16 Å². The SMILES string of the molecule is O=C(Nc1cnn([C@H]2CCOC2)c1)c1cc(-c2ccco2)on1. The average molecular weight is 314 g/mol. The van der Waals surface area contributed by atoms with Crippen molar-refractivity contribution in [1.82, 2.24) is 14.9 Å². The van der Waals surface area contributed by atoms with Crippen LogP contribution in [0.4, 0.5) is 5.69 Å². The van der Waals surface area contributed by atoms with Crippen LogP contribution in [0.15, 0.2) is 45.8 Å². The second-order valence-corrected chi connectivity index (χ2v) is 5.23. The van der Waals surface area contributed by atoms with Gasteiger partial charge in [-0.3, -0.25) is 9.48 Å².